The van der Waals surface area contributed by atoms with E-state index in [2.05, 4.69) is 0 Å². The normalized spacial score (nSPS) is 21.6. The van der Waals surface area contributed by atoms with E-state index in [1.54, 1.807) is 0 Å². The van der Waals surface area contributed by atoms with Gasteiger partial charge >= 0.3 is 0 Å². The fourth-order valence-electron chi connectivity index (χ4n) is 1.48. The van der Waals surface area contributed by atoms with Gasteiger partial charge in [-0.1, -0.05) is 0 Å². The first-order valence-electron chi connectivity index (χ1n) is 4.12. The number of carbonyl (C=O) groups is 2. The number of amides is 2. The van der Waals surface area contributed by atoms with Crippen molar-refractivity contribution in [3.05, 3.63) is 0 Å². The van der Waals surface area contributed by atoms with Gasteiger partial charge in [0.1, 0.15) is 6.04 Å². The summed E-state index contributed by atoms with van der Waals surface area (Å²) in [6.45, 7) is 0.308. The van der Waals surface area contributed by atoms with Crippen molar-refractivity contribution in [1.29, 1.82) is 5.26 Å². The van der Waals surface area contributed by atoms with Crippen molar-refractivity contribution < 1.29 is 9.59 Å². The monoisotopic (exact) mass is 181 g/mol. The van der Waals surface area contributed by atoms with Gasteiger partial charge in [0.2, 0.25) is 11.8 Å². The molecule has 0 saturated carbocycles. The molecule has 1 rings (SSSR count). The predicted octanol–water partition coefficient (Wildman–Crippen LogP) is -0.624. The van der Waals surface area contributed by atoms with E-state index < -0.39 is 11.9 Å². The van der Waals surface area contributed by atoms with Crippen LogP contribution in [0.4, 0.5) is 0 Å². The summed E-state index contributed by atoms with van der Waals surface area (Å²) in [5.41, 5.74) is 5.11. The Bertz CT molecular complexity index is 269. The summed E-state index contributed by atoms with van der Waals surface area (Å²) >= 11 is 0. The van der Waals surface area contributed by atoms with Crippen molar-refractivity contribution in [1.82, 2.24) is 4.90 Å². The van der Waals surface area contributed by atoms with Crippen LogP contribution in [0, 0.1) is 11.3 Å². The second-order valence-corrected chi connectivity index (χ2v) is 2.95. The molecule has 5 nitrogen and oxygen atoms in total. The number of nitriles is 1. The van der Waals surface area contributed by atoms with E-state index in [0.29, 0.717) is 19.4 Å². The molecule has 0 bridgehead atoms. The summed E-state index contributed by atoms with van der Waals surface area (Å²) in [6, 6.07) is 1.43. The fourth-order valence-corrected chi connectivity index (χ4v) is 1.48. The molecule has 1 saturated heterocycles. The Morgan fingerprint density at radius 2 is 2.46 bits per heavy atom. The Kier molecular flexibility index (Phi) is 2.85. The minimum atomic E-state index is -0.499. The van der Waals surface area contributed by atoms with E-state index in [0.717, 1.165) is 0 Å². The third-order valence-electron chi connectivity index (χ3n) is 2.12. The minimum Gasteiger partial charge on any atom is -0.368 e. The Morgan fingerprint density at radius 3 is 3.00 bits per heavy atom. The van der Waals surface area contributed by atoms with Crippen LogP contribution in [0.25, 0.3) is 0 Å². The topological polar surface area (TPSA) is 87.2 Å². The maximum absolute atomic E-state index is 11.2. The Morgan fingerprint density at radius 1 is 1.77 bits per heavy atom. The van der Waals surface area contributed by atoms with E-state index >= 15 is 0 Å². The van der Waals surface area contributed by atoms with Gasteiger partial charge in [0.15, 0.2) is 0 Å². The molecular formula is C8H11N3O2. The molecule has 1 fully saturated rings. The van der Waals surface area contributed by atoms with Crippen molar-refractivity contribution in [2.24, 2.45) is 5.73 Å². The lowest BCUT2D eigenvalue weighted by atomic mass is 10.2. The maximum Gasteiger partial charge on any atom is 0.240 e. The molecule has 2 N–H and O–H groups in total. The van der Waals surface area contributed by atoms with Crippen LogP contribution in [-0.4, -0.2) is 29.3 Å². The molecule has 0 spiro atoms. The summed E-state index contributed by atoms with van der Waals surface area (Å²) in [4.78, 5) is 23.5. The van der Waals surface area contributed by atoms with Crippen molar-refractivity contribution >= 4 is 11.8 Å². The molecule has 0 aromatic rings. The van der Waals surface area contributed by atoms with Crippen LogP contribution < -0.4 is 5.73 Å². The van der Waals surface area contributed by atoms with Crippen molar-refractivity contribution in [3.63, 3.8) is 0 Å². The highest BCUT2D eigenvalue weighted by Gasteiger charge is 2.33. The molecular weight excluding hydrogens is 170 g/mol. The fraction of sp³-hybridized carbons (Fsp3) is 0.625. The molecule has 1 aliphatic heterocycles. The van der Waals surface area contributed by atoms with Crippen LogP contribution in [-0.2, 0) is 9.59 Å². The Hall–Kier alpha value is -1.57. The van der Waals surface area contributed by atoms with Crippen molar-refractivity contribution in [2.45, 2.75) is 25.3 Å². The summed E-state index contributed by atoms with van der Waals surface area (Å²) in [6.07, 6.45) is 1.09. The number of likely N-dealkylation sites (tertiary alicyclic amines) is 1. The van der Waals surface area contributed by atoms with Gasteiger partial charge in [0.25, 0.3) is 0 Å². The van der Waals surface area contributed by atoms with Crippen LogP contribution in [0.3, 0.4) is 0 Å². The van der Waals surface area contributed by atoms with Crippen molar-refractivity contribution in [2.75, 3.05) is 6.54 Å². The molecule has 1 heterocycles. The number of nitrogens with zero attached hydrogens (tertiary/aromatic N) is 2. The summed E-state index contributed by atoms with van der Waals surface area (Å²) in [5, 5.41) is 8.33. The molecule has 0 unspecified atom stereocenters. The summed E-state index contributed by atoms with van der Waals surface area (Å²) in [7, 11) is 0. The van der Waals surface area contributed by atoms with Gasteiger partial charge in [0.05, 0.1) is 12.5 Å². The van der Waals surface area contributed by atoms with E-state index in [1.807, 2.05) is 6.07 Å². The quantitative estimate of drug-likeness (QED) is 0.629. The third-order valence-corrected chi connectivity index (χ3v) is 2.12. The number of carbonyl (C=O) groups excluding carboxylic acids is 2. The molecule has 5 heteroatoms. The zero-order valence-corrected chi connectivity index (χ0v) is 7.19. The first-order valence-corrected chi connectivity index (χ1v) is 4.12. The van der Waals surface area contributed by atoms with Crippen molar-refractivity contribution in [3.8, 4) is 6.07 Å². The summed E-state index contributed by atoms with van der Waals surface area (Å²) in [5.74, 6) is -0.567. The molecule has 1 atom stereocenters. The van der Waals surface area contributed by atoms with Gasteiger partial charge < -0.3 is 10.6 Å². The second-order valence-electron chi connectivity index (χ2n) is 2.95. The van der Waals surface area contributed by atoms with Crippen LogP contribution >= 0.6 is 0 Å². The first-order chi connectivity index (χ1) is 6.16. The standard InChI is InChI=1S/C8H11N3O2/c9-4-1-5-11-6(8(10)13)2-3-7(11)12/h6H,1-3,5H2,(H2,10,13)/t6-/m0/s1. The van der Waals surface area contributed by atoms with Gasteiger partial charge in [-0.3, -0.25) is 9.59 Å². The number of hydrogen-bond acceptors (Lipinski definition) is 3. The number of nitrogens with two attached hydrogens (primary N) is 1. The SMILES string of the molecule is N#CCCN1C(=O)CC[C@H]1C(N)=O. The average Bonchev–Trinajstić information content (AvgIpc) is 2.43. The molecule has 2 amide bonds. The number of primary amides is 1. The molecule has 0 radical (unpaired) electrons. The largest absolute Gasteiger partial charge is 0.368 e. The summed E-state index contributed by atoms with van der Waals surface area (Å²) < 4.78 is 0. The predicted molar refractivity (Wildman–Crippen MR) is 44.2 cm³/mol. The highest BCUT2D eigenvalue weighted by Crippen LogP contribution is 2.18. The zero-order chi connectivity index (χ0) is 9.84. The third kappa shape index (κ3) is 1.96. The lowest BCUT2D eigenvalue weighted by molar-refractivity contribution is -0.133. The number of hydrogen-bond donors (Lipinski definition) is 1. The first kappa shape index (κ1) is 9.52. The van der Waals surface area contributed by atoms with Gasteiger partial charge in [-0.2, -0.15) is 5.26 Å². The van der Waals surface area contributed by atoms with Crippen LogP contribution in [0.1, 0.15) is 19.3 Å². The Labute approximate surface area is 76.1 Å². The second kappa shape index (κ2) is 3.90. The smallest absolute Gasteiger partial charge is 0.240 e. The molecule has 1 aliphatic rings. The van der Waals surface area contributed by atoms with Gasteiger partial charge in [-0.25, -0.2) is 0 Å². The molecule has 13 heavy (non-hydrogen) atoms. The van der Waals surface area contributed by atoms with Gasteiger partial charge in [0, 0.05) is 13.0 Å². The lowest BCUT2D eigenvalue weighted by Gasteiger charge is -2.20. The van der Waals surface area contributed by atoms with Crippen LogP contribution in [0.2, 0.25) is 0 Å². The highest BCUT2D eigenvalue weighted by molar-refractivity contribution is 5.89. The average molecular weight is 181 g/mol. The van der Waals surface area contributed by atoms with E-state index in [4.69, 9.17) is 11.0 Å². The molecule has 0 aromatic carbocycles. The molecule has 0 aromatic heterocycles. The van der Waals surface area contributed by atoms with E-state index in [-0.39, 0.29) is 12.3 Å². The lowest BCUT2D eigenvalue weighted by Crippen LogP contribution is -2.42. The molecule has 0 aliphatic carbocycles. The maximum atomic E-state index is 11.2. The Balaban J connectivity index is 2.61. The van der Waals surface area contributed by atoms with E-state index in [1.165, 1.54) is 4.90 Å². The molecule has 70 valence electrons. The van der Waals surface area contributed by atoms with Gasteiger partial charge in [-0.15, -0.1) is 0 Å². The van der Waals surface area contributed by atoms with Crippen LogP contribution in [0.5, 0.6) is 0 Å². The highest BCUT2D eigenvalue weighted by atomic mass is 16.2. The zero-order valence-electron chi connectivity index (χ0n) is 7.19. The minimum absolute atomic E-state index is 0.0842. The van der Waals surface area contributed by atoms with E-state index in [9.17, 15) is 9.59 Å². The van der Waals surface area contributed by atoms with Crippen LogP contribution in [0.15, 0.2) is 0 Å². The van der Waals surface area contributed by atoms with Gasteiger partial charge in [-0.05, 0) is 6.42 Å². The number of rotatable bonds is 3.